The lowest BCUT2D eigenvalue weighted by atomic mass is 9.90. The van der Waals surface area contributed by atoms with E-state index < -0.39 is 7.32 Å². The average molecular weight is 192 g/mol. The summed E-state index contributed by atoms with van der Waals surface area (Å²) in [6, 6.07) is 0.0802. The van der Waals surface area contributed by atoms with Gasteiger partial charge >= 0.3 is 7.32 Å². The van der Waals surface area contributed by atoms with Crippen molar-refractivity contribution in [2.45, 2.75) is 38.9 Å². The van der Waals surface area contributed by atoms with Gasteiger partial charge in [0.15, 0.2) is 0 Å². The van der Waals surface area contributed by atoms with E-state index in [9.17, 15) is 0 Å². The van der Waals surface area contributed by atoms with E-state index in [2.05, 4.69) is 0 Å². The van der Waals surface area contributed by atoms with Crippen LogP contribution in [0.4, 0.5) is 0 Å². The number of hydrogen-bond acceptors (Lipinski definition) is 3. The zero-order chi connectivity index (χ0) is 9.41. The van der Waals surface area contributed by atoms with Crippen molar-refractivity contribution < 1.29 is 14.0 Å². The molecule has 1 aliphatic heterocycles. The van der Waals surface area contributed by atoms with Crippen molar-refractivity contribution in [2.75, 3.05) is 6.07 Å². The molecule has 0 N–H and O–H groups in total. The van der Waals surface area contributed by atoms with Gasteiger partial charge in [-0.05, 0) is 27.7 Å². The molecule has 0 amide bonds. The van der Waals surface area contributed by atoms with Crippen LogP contribution in [0.1, 0.15) is 27.7 Å². The van der Waals surface area contributed by atoms with E-state index in [0.29, 0.717) is 0 Å². The molecule has 0 aromatic heterocycles. The molecule has 0 atom stereocenters. The first-order valence-electron chi connectivity index (χ1n) is 3.92. The second kappa shape index (κ2) is 3.18. The van der Waals surface area contributed by atoms with Crippen molar-refractivity contribution in [3.05, 3.63) is 0 Å². The van der Waals surface area contributed by atoms with Crippen molar-refractivity contribution >= 4 is 18.9 Å². The summed E-state index contributed by atoms with van der Waals surface area (Å²) in [7, 11) is -0.632. The molecule has 0 bridgehead atoms. The lowest BCUT2D eigenvalue weighted by Gasteiger charge is -2.31. The van der Waals surface area contributed by atoms with E-state index in [-0.39, 0.29) is 17.3 Å². The average Bonchev–Trinajstić information content (AvgIpc) is 2.02. The van der Waals surface area contributed by atoms with Crippen LogP contribution in [0.5, 0.6) is 0 Å². The number of alkyl halides is 1. The molecule has 3 nitrogen and oxygen atoms in total. The van der Waals surface area contributed by atoms with Gasteiger partial charge in [0.25, 0.3) is 0 Å². The van der Waals surface area contributed by atoms with Crippen LogP contribution < -0.4 is 0 Å². The number of rotatable bonds is 2. The van der Waals surface area contributed by atoms with E-state index in [1.165, 1.54) is 0 Å². The Bertz CT molecular complexity index is 156. The number of hydrogen-bond donors (Lipinski definition) is 0. The smallest absolute Gasteiger partial charge is 0.378 e. The zero-order valence-electron chi connectivity index (χ0n) is 7.89. The third kappa shape index (κ3) is 1.77. The van der Waals surface area contributed by atoms with Crippen LogP contribution in [-0.4, -0.2) is 24.6 Å². The molecule has 0 saturated carbocycles. The lowest BCUT2D eigenvalue weighted by Crippen LogP contribution is -2.41. The first-order valence-corrected chi connectivity index (χ1v) is 4.46. The summed E-state index contributed by atoms with van der Waals surface area (Å²) in [4.78, 5) is 0. The van der Waals surface area contributed by atoms with Crippen molar-refractivity contribution in [3.63, 3.8) is 0 Å². The Kier molecular flexibility index (Phi) is 2.73. The molecular weight excluding hydrogens is 178 g/mol. The topological polar surface area (TPSA) is 27.7 Å². The summed E-state index contributed by atoms with van der Waals surface area (Å²) >= 11 is 5.39. The maximum absolute atomic E-state index is 5.48. The standard InChI is InChI=1S/C7H14BClO3/c1-6(2)7(3,4)12-8(11-6)10-5-9/h5H2,1-4H3. The Morgan fingerprint density at radius 2 is 1.58 bits per heavy atom. The Labute approximate surface area is 78.5 Å². The first-order chi connectivity index (χ1) is 5.39. The molecule has 0 radical (unpaired) electrons. The summed E-state index contributed by atoms with van der Waals surface area (Å²) in [5, 5.41) is 0. The first kappa shape index (κ1) is 10.3. The van der Waals surface area contributed by atoms with Crippen molar-refractivity contribution in [1.82, 2.24) is 0 Å². The normalized spacial score (nSPS) is 26.2. The van der Waals surface area contributed by atoms with Crippen LogP contribution in [0.15, 0.2) is 0 Å². The van der Waals surface area contributed by atoms with Gasteiger partial charge in [-0.3, -0.25) is 0 Å². The highest BCUT2D eigenvalue weighted by molar-refractivity contribution is 6.38. The third-order valence-electron chi connectivity index (χ3n) is 2.43. The molecule has 0 aromatic rings. The van der Waals surface area contributed by atoms with E-state index in [4.69, 9.17) is 25.6 Å². The van der Waals surface area contributed by atoms with Gasteiger partial charge in [0.2, 0.25) is 0 Å². The molecule has 1 rings (SSSR count). The highest BCUT2D eigenvalue weighted by Gasteiger charge is 2.52. The van der Waals surface area contributed by atoms with E-state index >= 15 is 0 Å². The van der Waals surface area contributed by atoms with Gasteiger partial charge in [-0.25, -0.2) is 0 Å². The molecule has 0 unspecified atom stereocenters. The largest absolute Gasteiger partial charge is 0.641 e. The highest BCUT2D eigenvalue weighted by Crippen LogP contribution is 2.36. The predicted octanol–water partition coefficient (Wildman–Crippen LogP) is 1.79. The minimum Gasteiger partial charge on any atom is -0.378 e. The number of halogens is 1. The van der Waals surface area contributed by atoms with Crippen molar-refractivity contribution in [1.29, 1.82) is 0 Å². The molecule has 1 heterocycles. The lowest BCUT2D eigenvalue weighted by molar-refractivity contribution is 0.00578. The SMILES string of the molecule is CC1(C)OB(OCCl)OC1(C)C. The molecule has 0 spiro atoms. The fraction of sp³-hybridized carbons (Fsp3) is 1.00. The highest BCUT2D eigenvalue weighted by atomic mass is 35.5. The van der Waals surface area contributed by atoms with Gasteiger partial charge in [0.05, 0.1) is 11.2 Å². The molecule has 0 aromatic carbocycles. The van der Waals surface area contributed by atoms with Gasteiger partial charge in [0, 0.05) is 0 Å². The van der Waals surface area contributed by atoms with E-state index in [1.807, 2.05) is 27.7 Å². The zero-order valence-corrected chi connectivity index (χ0v) is 8.64. The molecule has 1 aliphatic rings. The predicted molar refractivity (Wildman–Crippen MR) is 47.9 cm³/mol. The minimum absolute atomic E-state index is 0.0802. The Morgan fingerprint density at radius 3 is 1.92 bits per heavy atom. The summed E-state index contributed by atoms with van der Waals surface area (Å²) < 4.78 is 15.9. The van der Waals surface area contributed by atoms with Crippen LogP contribution in [0.2, 0.25) is 0 Å². The summed E-state index contributed by atoms with van der Waals surface area (Å²) in [5.41, 5.74) is -0.687. The van der Waals surface area contributed by atoms with Crippen LogP contribution in [0.25, 0.3) is 0 Å². The van der Waals surface area contributed by atoms with Crippen molar-refractivity contribution in [2.24, 2.45) is 0 Å². The molecule has 70 valence electrons. The van der Waals surface area contributed by atoms with Crippen LogP contribution in [0.3, 0.4) is 0 Å². The van der Waals surface area contributed by atoms with Gasteiger partial charge in [-0.15, -0.1) is 0 Å². The Morgan fingerprint density at radius 1 is 1.17 bits per heavy atom. The fourth-order valence-corrected chi connectivity index (χ4v) is 1.01. The summed E-state index contributed by atoms with van der Waals surface area (Å²) in [5.74, 6) is 0. The summed E-state index contributed by atoms with van der Waals surface area (Å²) in [6.45, 7) is 7.85. The van der Waals surface area contributed by atoms with Crippen LogP contribution in [0, 0.1) is 0 Å². The van der Waals surface area contributed by atoms with Crippen molar-refractivity contribution in [3.8, 4) is 0 Å². The quantitative estimate of drug-likeness (QED) is 0.493. The molecule has 1 fully saturated rings. The molecular formula is C7H14BClO3. The fourth-order valence-electron chi connectivity index (χ4n) is 0.908. The molecule has 0 aliphatic carbocycles. The molecule has 5 heteroatoms. The van der Waals surface area contributed by atoms with E-state index in [0.717, 1.165) is 0 Å². The molecule has 12 heavy (non-hydrogen) atoms. The Hall–Kier alpha value is 0.235. The van der Waals surface area contributed by atoms with Crippen LogP contribution >= 0.6 is 11.6 Å². The second-order valence-electron chi connectivity index (χ2n) is 3.82. The monoisotopic (exact) mass is 192 g/mol. The molecule has 1 saturated heterocycles. The van der Waals surface area contributed by atoms with Gasteiger partial charge < -0.3 is 14.0 Å². The van der Waals surface area contributed by atoms with Gasteiger partial charge in [-0.2, -0.15) is 0 Å². The van der Waals surface area contributed by atoms with E-state index in [1.54, 1.807) is 0 Å². The summed E-state index contributed by atoms with van der Waals surface area (Å²) in [6.07, 6.45) is 0. The minimum atomic E-state index is -0.632. The maximum Gasteiger partial charge on any atom is 0.641 e. The maximum atomic E-state index is 5.48. The second-order valence-corrected chi connectivity index (χ2v) is 4.04. The third-order valence-corrected chi connectivity index (χ3v) is 2.56. The van der Waals surface area contributed by atoms with Gasteiger partial charge in [-0.1, -0.05) is 11.6 Å². The van der Waals surface area contributed by atoms with Crippen LogP contribution in [-0.2, 0) is 14.0 Å². The van der Waals surface area contributed by atoms with Gasteiger partial charge in [0.1, 0.15) is 6.07 Å². The Balaban J connectivity index is 2.61.